The maximum absolute atomic E-state index is 3.22. The van der Waals surface area contributed by atoms with Crippen LogP contribution in [0.15, 0.2) is 0 Å². The standard InChI is InChI=1S/C15H32N2/c1-13-11-14(2)15(3)17(12-13)10-8-6-5-7-9-16-4/h13-16H,5-12H2,1-4H3. The highest BCUT2D eigenvalue weighted by atomic mass is 15.2. The number of unbranched alkanes of at least 4 members (excludes halogenated alkanes) is 3. The molecule has 0 aromatic heterocycles. The zero-order chi connectivity index (χ0) is 12.7. The third-order valence-electron chi connectivity index (χ3n) is 4.34. The summed E-state index contributed by atoms with van der Waals surface area (Å²) in [7, 11) is 2.04. The summed E-state index contributed by atoms with van der Waals surface area (Å²) in [5.74, 6) is 1.77. The number of piperidine rings is 1. The van der Waals surface area contributed by atoms with Crippen LogP contribution in [0.4, 0.5) is 0 Å². The van der Waals surface area contributed by atoms with Crippen LogP contribution in [0, 0.1) is 11.8 Å². The van der Waals surface area contributed by atoms with Gasteiger partial charge in [-0.1, -0.05) is 26.7 Å². The molecule has 0 spiro atoms. The normalized spacial score (nSPS) is 30.7. The van der Waals surface area contributed by atoms with E-state index in [-0.39, 0.29) is 0 Å². The molecule has 2 nitrogen and oxygen atoms in total. The van der Waals surface area contributed by atoms with E-state index in [1.807, 2.05) is 7.05 Å². The van der Waals surface area contributed by atoms with Crippen molar-refractivity contribution in [3.8, 4) is 0 Å². The molecule has 0 aromatic carbocycles. The molecule has 1 rings (SSSR count). The van der Waals surface area contributed by atoms with Gasteiger partial charge in [0.1, 0.15) is 0 Å². The lowest BCUT2D eigenvalue weighted by Gasteiger charge is -2.41. The lowest BCUT2D eigenvalue weighted by Crippen LogP contribution is -2.45. The first-order valence-corrected chi connectivity index (χ1v) is 7.53. The molecule has 102 valence electrons. The van der Waals surface area contributed by atoms with E-state index in [4.69, 9.17) is 0 Å². The van der Waals surface area contributed by atoms with E-state index in [2.05, 4.69) is 31.0 Å². The molecule has 1 N–H and O–H groups in total. The number of nitrogens with one attached hydrogen (secondary N) is 1. The second-order valence-corrected chi connectivity index (χ2v) is 6.07. The predicted octanol–water partition coefficient (Wildman–Crippen LogP) is 3.13. The zero-order valence-electron chi connectivity index (χ0n) is 12.3. The van der Waals surface area contributed by atoms with Crippen molar-refractivity contribution in [2.24, 2.45) is 11.8 Å². The summed E-state index contributed by atoms with van der Waals surface area (Å²) in [6.45, 7) is 11.0. The van der Waals surface area contributed by atoms with E-state index in [1.54, 1.807) is 0 Å². The van der Waals surface area contributed by atoms with Gasteiger partial charge in [0.25, 0.3) is 0 Å². The second kappa shape index (κ2) is 8.10. The summed E-state index contributed by atoms with van der Waals surface area (Å²) in [5.41, 5.74) is 0. The third-order valence-corrected chi connectivity index (χ3v) is 4.34. The van der Waals surface area contributed by atoms with Gasteiger partial charge in [0.15, 0.2) is 0 Å². The van der Waals surface area contributed by atoms with Gasteiger partial charge in [-0.15, -0.1) is 0 Å². The lowest BCUT2D eigenvalue weighted by molar-refractivity contribution is 0.0781. The van der Waals surface area contributed by atoms with E-state index in [0.29, 0.717) is 0 Å². The Morgan fingerprint density at radius 1 is 1.06 bits per heavy atom. The van der Waals surface area contributed by atoms with E-state index < -0.39 is 0 Å². The Balaban J connectivity index is 2.12. The number of hydrogen-bond acceptors (Lipinski definition) is 2. The van der Waals surface area contributed by atoms with Gasteiger partial charge in [-0.05, 0) is 58.2 Å². The molecule has 17 heavy (non-hydrogen) atoms. The number of nitrogens with zero attached hydrogens (tertiary/aromatic N) is 1. The third kappa shape index (κ3) is 5.39. The molecule has 0 radical (unpaired) electrons. The first-order valence-electron chi connectivity index (χ1n) is 7.53. The highest BCUT2D eigenvalue weighted by Crippen LogP contribution is 2.26. The van der Waals surface area contributed by atoms with Crippen molar-refractivity contribution in [1.82, 2.24) is 10.2 Å². The lowest BCUT2D eigenvalue weighted by atomic mass is 9.86. The average molecular weight is 240 g/mol. The Kier molecular flexibility index (Phi) is 7.14. The molecule has 3 unspecified atom stereocenters. The van der Waals surface area contributed by atoms with Crippen molar-refractivity contribution in [3.05, 3.63) is 0 Å². The first kappa shape index (κ1) is 15.0. The smallest absolute Gasteiger partial charge is 0.00927 e. The molecule has 0 aliphatic carbocycles. The fraction of sp³-hybridized carbons (Fsp3) is 1.00. The summed E-state index contributed by atoms with van der Waals surface area (Å²) in [4.78, 5) is 2.72. The molecule has 0 aromatic rings. The maximum Gasteiger partial charge on any atom is 0.00927 e. The van der Waals surface area contributed by atoms with E-state index >= 15 is 0 Å². The largest absolute Gasteiger partial charge is 0.320 e. The van der Waals surface area contributed by atoms with E-state index in [0.717, 1.165) is 17.9 Å². The van der Waals surface area contributed by atoms with Crippen molar-refractivity contribution < 1.29 is 0 Å². The van der Waals surface area contributed by atoms with Crippen LogP contribution in [0.3, 0.4) is 0 Å². The second-order valence-electron chi connectivity index (χ2n) is 6.07. The van der Waals surface area contributed by atoms with Crippen LogP contribution < -0.4 is 5.32 Å². The summed E-state index contributed by atoms with van der Waals surface area (Å²) >= 11 is 0. The quantitative estimate of drug-likeness (QED) is 0.688. The van der Waals surface area contributed by atoms with Gasteiger partial charge >= 0.3 is 0 Å². The van der Waals surface area contributed by atoms with Crippen LogP contribution >= 0.6 is 0 Å². The molecule has 1 aliphatic heterocycles. The Morgan fingerprint density at radius 3 is 2.47 bits per heavy atom. The van der Waals surface area contributed by atoms with Crippen LogP contribution in [0.1, 0.15) is 52.9 Å². The summed E-state index contributed by atoms with van der Waals surface area (Å²) in [6.07, 6.45) is 6.91. The van der Waals surface area contributed by atoms with Crippen molar-refractivity contribution in [3.63, 3.8) is 0 Å². The van der Waals surface area contributed by atoms with Crippen molar-refractivity contribution >= 4 is 0 Å². The van der Waals surface area contributed by atoms with Gasteiger partial charge < -0.3 is 10.2 Å². The molecule has 0 saturated carbocycles. The highest BCUT2D eigenvalue weighted by molar-refractivity contribution is 4.81. The minimum atomic E-state index is 0.795. The number of hydrogen-bond donors (Lipinski definition) is 1. The van der Waals surface area contributed by atoms with Crippen molar-refractivity contribution in [2.75, 3.05) is 26.7 Å². The molecule has 0 amide bonds. The Morgan fingerprint density at radius 2 is 1.76 bits per heavy atom. The fourth-order valence-corrected chi connectivity index (χ4v) is 3.10. The Labute approximate surface area is 108 Å². The molecular weight excluding hydrogens is 208 g/mol. The number of likely N-dealkylation sites (tertiary alicyclic amines) is 1. The fourth-order valence-electron chi connectivity index (χ4n) is 3.10. The molecule has 3 atom stereocenters. The van der Waals surface area contributed by atoms with E-state index in [1.165, 1.54) is 51.7 Å². The molecular formula is C15H32N2. The topological polar surface area (TPSA) is 15.3 Å². The maximum atomic E-state index is 3.22. The zero-order valence-corrected chi connectivity index (χ0v) is 12.3. The SMILES string of the molecule is CNCCCCCCN1CC(C)CC(C)C1C. The monoisotopic (exact) mass is 240 g/mol. The van der Waals surface area contributed by atoms with Crippen LogP contribution in [0.5, 0.6) is 0 Å². The molecule has 1 heterocycles. The summed E-state index contributed by atoms with van der Waals surface area (Å²) < 4.78 is 0. The molecule has 1 fully saturated rings. The van der Waals surface area contributed by atoms with Gasteiger partial charge in [-0.2, -0.15) is 0 Å². The molecule has 2 heteroatoms. The van der Waals surface area contributed by atoms with Crippen LogP contribution in [0.25, 0.3) is 0 Å². The van der Waals surface area contributed by atoms with E-state index in [9.17, 15) is 0 Å². The highest BCUT2D eigenvalue weighted by Gasteiger charge is 2.27. The minimum absolute atomic E-state index is 0.795. The summed E-state index contributed by atoms with van der Waals surface area (Å²) in [5, 5.41) is 3.22. The van der Waals surface area contributed by atoms with Gasteiger partial charge in [-0.25, -0.2) is 0 Å². The predicted molar refractivity (Wildman–Crippen MR) is 76.4 cm³/mol. The van der Waals surface area contributed by atoms with Crippen LogP contribution in [0.2, 0.25) is 0 Å². The van der Waals surface area contributed by atoms with Crippen molar-refractivity contribution in [1.29, 1.82) is 0 Å². The first-order chi connectivity index (χ1) is 8.15. The van der Waals surface area contributed by atoms with Gasteiger partial charge in [0, 0.05) is 12.6 Å². The van der Waals surface area contributed by atoms with Gasteiger partial charge in [0.05, 0.1) is 0 Å². The van der Waals surface area contributed by atoms with Crippen LogP contribution in [-0.2, 0) is 0 Å². The Bertz CT molecular complexity index is 193. The minimum Gasteiger partial charge on any atom is -0.320 e. The number of rotatable bonds is 7. The van der Waals surface area contributed by atoms with Crippen molar-refractivity contribution in [2.45, 2.75) is 58.9 Å². The van der Waals surface area contributed by atoms with Gasteiger partial charge in [-0.3, -0.25) is 0 Å². The molecule has 1 saturated heterocycles. The Hall–Kier alpha value is -0.0800. The summed E-state index contributed by atoms with van der Waals surface area (Å²) in [6, 6.07) is 0.795. The van der Waals surface area contributed by atoms with Crippen LogP contribution in [-0.4, -0.2) is 37.6 Å². The average Bonchev–Trinajstić information content (AvgIpc) is 2.29. The molecule has 0 bridgehead atoms. The molecule has 1 aliphatic rings. The van der Waals surface area contributed by atoms with Gasteiger partial charge in [0.2, 0.25) is 0 Å².